The molecule has 0 aromatic rings. The first-order valence-corrected chi connectivity index (χ1v) is 18.8. The van der Waals surface area contributed by atoms with E-state index in [2.05, 4.69) is 6.92 Å². The van der Waals surface area contributed by atoms with Crippen molar-refractivity contribution in [1.82, 2.24) is 0 Å². The molecular weight excluding hydrogens is 664 g/mol. The Labute approximate surface area is 302 Å². The van der Waals surface area contributed by atoms with E-state index in [1.807, 2.05) is 0 Å². The van der Waals surface area contributed by atoms with E-state index in [0.29, 0.717) is 25.9 Å². The topological polar surface area (TPSA) is 177 Å². The maximum absolute atomic E-state index is 13.3. The summed E-state index contributed by atoms with van der Waals surface area (Å²) in [6.07, 6.45) is 7.50. The standard InChI is InChI=1S/C38H60O13/c1-5-6-7-8-9-13-32(41)50-36-25(19-33(42)45-4)18-30-23-31(24-39)48-34(43)21-26(40)20-27-11-10-12-28(47-27)22-29-15-17-46-35(49-29)14-16-37(2,3)38(36,44)51-30/h14,16,19,26-31,35-36,39-40,44H,5-13,15,17-18,20-24H2,1-4H3/b16-14+,25-19+/t26-,27+,28-,29+,30+,31-,35+,36+,38-/m1/s1. The molecule has 3 fully saturated rings. The average Bonchev–Trinajstić information content (AvgIpc) is 3.08. The second kappa shape index (κ2) is 19.6. The number of methoxy groups -OCH3 is 1. The molecule has 3 N–H and O–H groups in total. The quantitative estimate of drug-likeness (QED) is 0.101. The lowest BCUT2D eigenvalue weighted by Gasteiger charge is -2.51. The zero-order valence-electron chi connectivity index (χ0n) is 30.8. The molecule has 13 heteroatoms. The molecule has 6 bridgehead atoms. The van der Waals surface area contributed by atoms with Gasteiger partial charge in [-0.05, 0) is 56.6 Å². The number of aliphatic hydroxyl groups excluding tert-OH is 2. The summed E-state index contributed by atoms with van der Waals surface area (Å²) >= 11 is 0. The molecule has 0 spiro atoms. The lowest BCUT2D eigenvalue weighted by Crippen LogP contribution is -2.62. The Morgan fingerprint density at radius 3 is 2.43 bits per heavy atom. The van der Waals surface area contributed by atoms with Crippen molar-refractivity contribution >= 4 is 17.9 Å². The Morgan fingerprint density at radius 1 is 0.980 bits per heavy atom. The summed E-state index contributed by atoms with van der Waals surface area (Å²) in [6.45, 7) is 5.42. The van der Waals surface area contributed by atoms with Crippen LogP contribution in [0.15, 0.2) is 23.8 Å². The Morgan fingerprint density at radius 2 is 1.71 bits per heavy atom. The number of hydrogen-bond donors (Lipinski definition) is 3. The molecule has 0 saturated carbocycles. The van der Waals surface area contributed by atoms with Gasteiger partial charge in [0.15, 0.2) is 12.4 Å². The van der Waals surface area contributed by atoms with Crippen LogP contribution in [-0.4, -0.2) is 108 Å². The lowest BCUT2D eigenvalue weighted by atomic mass is 9.74. The molecule has 4 rings (SSSR count). The summed E-state index contributed by atoms with van der Waals surface area (Å²) in [7, 11) is 1.22. The zero-order valence-corrected chi connectivity index (χ0v) is 30.8. The van der Waals surface area contributed by atoms with Gasteiger partial charge in [-0.15, -0.1) is 0 Å². The summed E-state index contributed by atoms with van der Waals surface area (Å²) in [5.74, 6) is -4.21. The Balaban J connectivity index is 1.68. The van der Waals surface area contributed by atoms with E-state index >= 15 is 0 Å². The SMILES string of the molecule is CCCCCCCC(=O)O[C@H]1/C(=C/C(=O)OC)C[C@H]2C[C@H](CO)OC(=O)C[C@H](O)C[C@@H]3CCC[C@H](C[C@@H]4CCO[C@H](/C=C/C(C)(C)[C@]1(O)O2)O4)O3. The van der Waals surface area contributed by atoms with Gasteiger partial charge in [0.2, 0.25) is 5.79 Å². The lowest BCUT2D eigenvalue weighted by molar-refractivity contribution is -0.327. The molecule has 0 aromatic heterocycles. The van der Waals surface area contributed by atoms with Crippen LogP contribution in [-0.2, 0) is 47.5 Å². The van der Waals surface area contributed by atoms with Crippen LogP contribution in [0.2, 0.25) is 0 Å². The monoisotopic (exact) mass is 724 g/mol. The van der Waals surface area contributed by atoms with Crippen molar-refractivity contribution < 1.29 is 62.9 Å². The van der Waals surface area contributed by atoms with E-state index in [-0.39, 0.29) is 56.0 Å². The van der Waals surface area contributed by atoms with Gasteiger partial charge in [-0.3, -0.25) is 9.59 Å². The number of cyclic esters (lactones) is 1. The molecule has 4 aliphatic heterocycles. The van der Waals surface area contributed by atoms with E-state index in [1.54, 1.807) is 26.0 Å². The van der Waals surface area contributed by atoms with Gasteiger partial charge in [0, 0.05) is 30.8 Å². The van der Waals surface area contributed by atoms with Crippen LogP contribution in [0, 0.1) is 5.41 Å². The highest BCUT2D eigenvalue weighted by Crippen LogP contribution is 2.47. The van der Waals surface area contributed by atoms with E-state index in [4.69, 9.17) is 33.2 Å². The van der Waals surface area contributed by atoms with Crippen LogP contribution in [0.25, 0.3) is 0 Å². The van der Waals surface area contributed by atoms with Gasteiger partial charge in [-0.25, -0.2) is 4.79 Å². The molecule has 4 aliphatic rings. The number of rotatable bonds is 9. The highest BCUT2D eigenvalue weighted by atomic mass is 16.7. The van der Waals surface area contributed by atoms with Gasteiger partial charge >= 0.3 is 17.9 Å². The Hall–Kier alpha value is -2.39. The maximum atomic E-state index is 13.3. The number of hydrogen-bond acceptors (Lipinski definition) is 13. The second-order valence-electron chi connectivity index (χ2n) is 15.0. The first kappa shape index (κ1) is 41.4. The van der Waals surface area contributed by atoms with Crippen molar-refractivity contribution in [1.29, 1.82) is 0 Å². The normalized spacial score (nSPS) is 36.4. The molecule has 51 heavy (non-hydrogen) atoms. The third-order valence-corrected chi connectivity index (χ3v) is 10.3. The molecular formula is C38H60O13. The van der Waals surface area contributed by atoms with Crippen LogP contribution in [0.4, 0.5) is 0 Å². The highest BCUT2D eigenvalue weighted by Gasteiger charge is 2.57. The maximum Gasteiger partial charge on any atom is 0.330 e. The molecule has 0 radical (unpaired) electrons. The first-order chi connectivity index (χ1) is 24.3. The molecule has 0 aliphatic carbocycles. The van der Waals surface area contributed by atoms with E-state index in [0.717, 1.165) is 44.9 Å². The summed E-state index contributed by atoms with van der Waals surface area (Å²) < 4.78 is 41.4. The van der Waals surface area contributed by atoms with Gasteiger partial charge in [0.25, 0.3) is 0 Å². The molecule has 0 amide bonds. The predicted octanol–water partition coefficient (Wildman–Crippen LogP) is 4.33. The van der Waals surface area contributed by atoms with Crippen LogP contribution in [0.3, 0.4) is 0 Å². The van der Waals surface area contributed by atoms with Crippen molar-refractivity contribution in [3.05, 3.63) is 23.8 Å². The number of carbonyl (C=O) groups is 3. The zero-order chi connectivity index (χ0) is 37.0. The minimum atomic E-state index is -2.25. The molecule has 3 saturated heterocycles. The van der Waals surface area contributed by atoms with Gasteiger partial charge in [0.05, 0.1) is 57.3 Å². The van der Waals surface area contributed by atoms with Crippen LogP contribution in [0.5, 0.6) is 0 Å². The number of aliphatic hydroxyl groups is 3. The molecule has 0 unspecified atom stereocenters. The van der Waals surface area contributed by atoms with Crippen LogP contribution < -0.4 is 0 Å². The summed E-state index contributed by atoms with van der Waals surface area (Å²) in [5.41, 5.74) is -1.04. The fraction of sp³-hybridized carbons (Fsp3) is 0.816. The van der Waals surface area contributed by atoms with Gasteiger partial charge in [-0.2, -0.15) is 0 Å². The molecule has 13 nitrogen and oxygen atoms in total. The fourth-order valence-corrected chi connectivity index (χ4v) is 7.38. The average molecular weight is 725 g/mol. The number of fused-ring (bicyclic) bond motifs is 6. The van der Waals surface area contributed by atoms with E-state index in [1.165, 1.54) is 13.2 Å². The minimum Gasteiger partial charge on any atom is -0.466 e. The molecule has 0 aromatic carbocycles. The van der Waals surface area contributed by atoms with Crippen molar-refractivity contribution in [2.45, 2.75) is 172 Å². The smallest absolute Gasteiger partial charge is 0.330 e. The number of carbonyl (C=O) groups excluding carboxylic acids is 3. The second-order valence-corrected chi connectivity index (χ2v) is 15.0. The summed E-state index contributed by atoms with van der Waals surface area (Å²) in [6, 6.07) is 0. The number of unbranched alkanes of at least 4 members (excludes halogenated alkanes) is 4. The first-order valence-electron chi connectivity index (χ1n) is 18.8. The van der Waals surface area contributed by atoms with Gasteiger partial charge in [0.1, 0.15) is 6.10 Å². The van der Waals surface area contributed by atoms with Gasteiger partial charge in [-0.1, -0.05) is 52.5 Å². The van der Waals surface area contributed by atoms with Gasteiger partial charge < -0.3 is 48.5 Å². The largest absolute Gasteiger partial charge is 0.466 e. The number of ether oxygens (including phenoxy) is 7. The van der Waals surface area contributed by atoms with E-state index < -0.39 is 66.4 Å². The minimum absolute atomic E-state index is 0.000953. The van der Waals surface area contributed by atoms with Crippen molar-refractivity contribution in [2.75, 3.05) is 20.3 Å². The Kier molecular flexibility index (Phi) is 15.9. The molecule has 290 valence electrons. The van der Waals surface area contributed by atoms with Crippen molar-refractivity contribution in [3.63, 3.8) is 0 Å². The molecule has 9 atom stereocenters. The van der Waals surface area contributed by atoms with E-state index in [9.17, 15) is 29.7 Å². The molecule has 4 heterocycles. The van der Waals surface area contributed by atoms with Crippen molar-refractivity contribution in [3.8, 4) is 0 Å². The number of esters is 3. The third kappa shape index (κ3) is 12.1. The van der Waals surface area contributed by atoms with Crippen molar-refractivity contribution in [2.24, 2.45) is 5.41 Å². The fourth-order valence-electron chi connectivity index (χ4n) is 7.38. The van der Waals surface area contributed by atoms with Crippen LogP contribution in [0.1, 0.15) is 117 Å². The summed E-state index contributed by atoms with van der Waals surface area (Å²) in [4.78, 5) is 38.9. The summed E-state index contributed by atoms with van der Waals surface area (Å²) in [5, 5.41) is 33.6. The highest BCUT2D eigenvalue weighted by molar-refractivity contribution is 5.83. The third-order valence-electron chi connectivity index (χ3n) is 10.3. The Bertz CT molecular complexity index is 1200. The predicted molar refractivity (Wildman–Crippen MR) is 184 cm³/mol. The van der Waals surface area contributed by atoms with Crippen LogP contribution >= 0.6 is 0 Å².